The lowest BCUT2D eigenvalue weighted by atomic mass is 10.0. The highest BCUT2D eigenvalue weighted by Crippen LogP contribution is 2.29. The topological polar surface area (TPSA) is 29.3 Å². The van der Waals surface area contributed by atoms with Gasteiger partial charge in [-0.3, -0.25) is 0 Å². The van der Waals surface area contributed by atoms with Gasteiger partial charge in [0.15, 0.2) is 0 Å². The molecule has 1 atom stereocenters. The summed E-state index contributed by atoms with van der Waals surface area (Å²) < 4.78 is 14.0. The lowest BCUT2D eigenvalue weighted by molar-refractivity contribution is 0.484. The van der Waals surface area contributed by atoms with E-state index < -0.39 is 0 Å². The fraction of sp³-hybridized carbons (Fsp3) is 0.625. The third kappa shape index (κ3) is 3.93. The van der Waals surface area contributed by atoms with E-state index in [4.69, 9.17) is 5.73 Å². The molecule has 1 aromatic carbocycles. The normalized spacial score (nSPS) is 12.8. The zero-order valence-electron chi connectivity index (χ0n) is 12.6. The highest BCUT2D eigenvalue weighted by molar-refractivity contribution is 5.55. The number of hydrogen-bond donors (Lipinski definition) is 1. The molecule has 0 saturated carbocycles. The second-order valence-corrected chi connectivity index (χ2v) is 5.18. The lowest BCUT2D eigenvalue weighted by Gasteiger charge is -2.30. The highest BCUT2D eigenvalue weighted by Gasteiger charge is 2.18. The Balaban J connectivity index is 3.07. The molecule has 0 radical (unpaired) electrons. The van der Waals surface area contributed by atoms with Gasteiger partial charge in [-0.2, -0.15) is 0 Å². The molecule has 0 aliphatic heterocycles. The molecule has 2 N–H and O–H groups in total. The molecule has 108 valence electrons. The molecule has 1 rings (SSSR count). The molecule has 0 unspecified atom stereocenters. The van der Waals surface area contributed by atoms with Crippen molar-refractivity contribution in [2.75, 3.05) is 18.0 Å². The SMILES string of the molecule is CCC(CC)CN(CC)c1cccc(F)c1[C@H](C)N. The summed E-state index contributed by atoms with van der Waals surface area (Å²) in [5.74, 6) is 0.444. The molecular weight excluding hydrogens is 239 g/mol. The van der Waals surface area contributed by atoms with Crippen LogP contribution in [0.2, 0.25) is 0 Å². The first-order chi connectivity index (χ1) is 9.04. The van der Waals surface area contributed by atoms with E-state index in [1.165, 1.54) is 6.07 Å². The van der Waals surface area contributed by atoms with E-state index in [1.807, 2.05) is 13.0 Å². The van der Waals surface area contributed by atoms with E-state index in [9.17, 15) is 4.39 Å². The van der Waals surface area contributed by atoms with Crippen LogP contribution in [0, 0.1) is 11.7 Å². The van der Waals surface area contributed by atoms with E-state index in [0.29, 0.717) is 11.5 Å². The van der Waals surface area contributed by atoms with E-state index in [2.05, 4.69) is 25.7 Å². The highest BCUT2D eigenvalue weighted by atomic mass is 19.1. The summed E-state index contributed by atoms with van der Waals surface area (Å²) in [6, 6.07) is 4.96. The molecule has 2 nitrogen and oxygen atoms in total. The van der Waals surface area contributed by atoms with Gasteiger partial charge in [-0.05, 0) is 31.9 Å². The number of benzene rings is 1. The predicted molar refractivity (Wildman–Crippen MR) is 81.0 cm³/mol. The largest absolute Gasteiger partial charge is 0.371 e. The zero-order chi connectivity index (χ0) is 14.4. The summed E-state index contributed by atoms with van der Waals surface area (Å²) in [7, 11) is 0. The van der Waals surface area contributed by atoms with Crippen molar-refractivity contribution in [3.63, 3.8) is 0 Å². The van der Waals surface area contributed by atoms with Crippen molar-refractivity contribution < 1.29 is 4.39 Å². The first kappa shape index (κ1) is 16.0. The maximum Gasteiger partial charge on any atom is 0.130 e. The molecular formula is C16H27FN2. The van der Waals surface area contributed by atoms with Crippen LogP contribution in [-0.2, 0) is 0 Å². The average Bonchev–Trinajstić information content (AvgIpc) is 2.39. The molecule has 0 aliphatic carbocycles. The van der Waals surface area contributed by atoms with Crippen LogP contribution in [0.4, 0.5) is 10.1 Å². The Bertz CT molecular complexity index is 386. The van der Waals surface area contributed by atoms with E-state index in [1.54, 1.807) is 6.07 Å². The van der Waals surface area contributed by atoms with Gasteiger partial charge >= 0.3 is 0 Å². The van der Waals surface area contributed by atoms with Gasteiger partial charge in [-0.15, -0.1) is 0 Å². The summed E-state index contributed by atoms with van der Waals surface area (Å²) in [5, 5.41) is 0. The Hall–Kier alpha value is -1.09. The summed E-state index contributed by atoms with van der Waals surface area (Å²) in [6.07, 6.45) is 2.30. The van der Waals surface area contributed by atoms with Crippen molar-refractivity contribution in [1.82, 2.24) is 0 Å². The Kier molecular flexibility index (Phi) is 6.29. The van der Waals surface area contributed by atoms with Crippen molar-refractivity contribution in [2.24, 2.45) is 11.7 Å². The standard InChI is InChI=1S/C16H27FN2/c1-5-13(6-2)11-19(7-3)15-10-8-9-14(17)16(15)12(4)18/h8-10,12-13H,5-7,11,18H2,1-4H3/t12-/m0/s1. The van der Waals surface area contributed by atoms with Crippen LogP contribution in [0.25, 0.3) is 0 Å². The minimum absolute atomic E-state index is 0.199. The molecule has 3 heteroatoms. The Morgan fingerprint density at radius 2 is 1.84 bits per heavy atom. The van der Waals surface area contributed by atoms with Crippen LogP contribution in [0.1, 0.15) is 52.1 Å². The average molecular weight is 266 g/mol. The van der Waals surface area contributed by atoms with E-state index >= 15 is 0 Å². The van der Waals surface area contributed by atoms with Gasteiger partial charge in [-0.1, -0.05) is 32.8 Å². The zero-order valence-corrected chi connectivity index (χ0v) is 12.6. The number of rotatable bonds is 7. The lowest BCUT2D eigenvalue weighted by Crippen LogP contribution is -2.31. The predicted octanol–water partition coefficient (Wildman–Crippen LogP) is 4.11. The van der Waals surface area contributed by atoms with Crippen LogP contribution in [-0.4, -0.2) is 13.1 Å². The number of halogens is 1. The molecule has 0 fully saturated rings. The molecule has 0 heterocycles. The van der Waals surface area contributed by atoms with Crippen LogP contribution in [0.15, 0.2) is 18.2 Å². The van der Waals surface area contributed by atoms with Gasteiger partial charge in [-0.25, -0.2) is 4.39 Å². The van der Waals surface area contributed by atoms with Crippen molar-refractivity contribution in [3.05, 3.63) is 29.6 Å². The fourth-order valence-corrected chi connectivity index (χ4v) is 2.51. The van der Waals surface area contributed by atoms with Crippen molar-refractivity contribution >= 4 is 5.69 Å². The van der Waals surface area contributed by atoms with Crippen LogP contribution in [0.5, 0.6) is 0 Å². The molecule has 0 spiro atoms. The third-order valence-electron chi connectivity index (χ3n) is 3.84. The molecule has 0 aliphatic rings. The maximum atomic E-state index is 14.0. The Morgan fingerprint density at radius 1 is 1.21 bits per heavy atom. The minimum Gasteiger partial charge on any atom is -0.371 e. The number of nitrogens with zero attached hydrogens (tertiary/aromatic N) is 1. The van der Waals surface area contributed by atoms with Gasteiger partial charge in [0, 0.05) is 30.4 Å². The van der Waals surface area contributed by atoms with Crippen LogP contribution < -0.4 is 10.6 Å². The number of anilines is 1. The fourth-order valence-electron chi connectivity index (χ4n) is 2.51. The minimum atomic E-state index is -0.285. The second kappa shape index (κ2) is 7.49. The van der Waals surface area contributed by atoms with Gasteiger partial charge in [0.1, 0.15) is 5.82 Å². The van der Waals surface area contributed by atoms with Crippen LogP contribution in [0.3, 0.4) is 0 Å². The molecule has 0 saturated heterocycles. The van der Waals surface area contributed by atoms with Crippen molar-refractivity contribution in [1.29, 1.82) is 0 Å². The third-order valence-corrected chi connectivity index (χ3v) is 3.84. The summed E-state index contributed by atoms with van der Waals surface area (Å²) in [4.78, 5) is 2.25. The van der Waals surface area contributed by atoms with Crippen molar-refractivity contribution in [3.8, 4) is 0 Å². The van der Waals surface area contributed by atoms with Crippen LogP contribution >= 0.6 is 0 Å². The summed E-state index contributed by atoms with van der Waals surface area (Å²) in [5.41, 5.74) is 7.52. The van der Waals surface area contributed by atoms with Gasteiger partial charge < -0.3 is 10.6 Å². The monoisotopic (exact) mass is 266 g/mol. The first-order valence-corrected chi connectivity index (χ1v) is 7.33. The smallest absolute Gasteiger partial charge is 0.130 e. The molecule has 0 aromatic heterocycles. The number of nitrogens with two attached hydrogens (primary N) is 1. The summed E-state index contributed by atoms with van der Waals surface area (Å²) in [6.45, 7) is 10.2. The number of hydrogen-bond acceptors (Lipinski definition) is 2. The molecule has 0 amide bonds. The van der Waals surface area contributed by atoms with Gasteiger partial charge in [0.25, 0.3) is 0 Å². The second-order valence-electron chi connectivity index (χ2n) is 5.18. The molecule has 19 heavy (non-hydrogen) atoms. The van der Waals surface area contributed by atoms with Gasteiger partial charge in [0.2, 0.25) is 0 Å². The van der Waals surface area contributed by atoms with Gasteiger partial charge in [0.05, 0.1) is 0 Å². The summed E-state index contributed by atoms with van der Waals surface area (Å²) >= 11 is 0. The maximum absolute atomic E-state index is 14.0. The Morgan fingerprint density at radius 3 is 2.32 bits per heavy atom. The quantitative estimate of drug-likeness (QED) is 0.804. The Labute approximate surface area is 116 Å². The van der Waals surface area contributed by atoms with E-state index in [-0.39, 0.29) is 11.9 Å². The first-order valence-electron chi connectivity index (χ1n) is 7.33. The molecule has 0 bridgehead atoms. The van der Waals surface area contributed by atoms with Crippen molar-refractivity contribution in [2.45, 2.75) is 46.6 Å². The molecule has 1 aromatic rings. The van der Waals surface area contributed by atoms with E-state index in [0.717, 1.165) is 31.6 Å².